The lowest BCUT2D eigenvalue weighted by molar-refractivity contribution is -0.754. The maximum atomic E-state index is 12.7. The van der Waals surface area contributed by atoms with Gasteiger partial charge >= 0.3 is 6.18 Å². The molecule has 0 saturated carbocycles. The Bertz CT molecular complexity index is 942. The van der Waals surface area contributed by atoms with Gasteiger partial charge in [0.15, 0.2) is 11.3 Å². The van der Waals surface area contributed by atoms with Crippen molar-refractivity contribution in [3.05, 3.63) is 75.6 Å². The number of benzene rings is 2. The Kier molecular flexibility index (Phi) is 5.45. The van der Waals surface area contributed by atoms with E-state index >= 15 is 0 Å². The number of rotatable bonds is 4. The van der Waals surface area contributed by atoms with Crippen LogP contribution in [0.3, 0.4) is 0 Å². The van der Waals surface area contributed by atoms with Crippen LogP contribution in [0, 0.1) is 0 Å². The fourth-order valence-electron chi connectivity index (χ4n) is 2.19. The van der Waals surface area contributed by atoms with Gasteiger partial charge in [-0.1, -0.05) is 46.3 Å². The van der Waals surface area contributed by atoms with Gasteiger partial charge in [0.25, 0.3) is 0 Å². The molecule has 0 aliphatic rings. The first-order valence-corrected chi connectivity index (χ1v) is 8.40. The highest BCUT2D eigenvalue weighted by Gasteiger charge is 2.30. The van der Waals surface area contributed by atoms with Crippen LogP contribution in [0.25, 0.3) is 5.32 Å². The lowest BCUT2D eigenvalue weighted by Gasteiger charge is -2.15. The molecular weight excluding hydrogens is 429 g/mol. The van der Waals surface area contributed by atoms with Gasteiger partial charge in [0.1, 0.15) is 0 Å². The number of anilines is 1. The monoisotopic (exact) mass is 440 g/mol. The maximum Gasteiger partial charge on any atom is 0.416 e. The molecule has 3 aromatic rings. The average molecular weight is 441 g/mol. The van der Waals surface area contributed by atoms with E-state index in [0.29, 0.717) is 6.54 Å². The standard InChI is InChI=1S/C17H12BrF3N4O2/c18-13-6-4-11(5-7-13)9-25-10-15(27-24-25)23-16(26)22-14-3-1-2-12(8-14)17(19,20)21/h1-8,10H,9H2,(H-,22,23,24,26). The normalized spacial score (nSPS) is 11.3. The Morgan fingerprint density at radius 2 is 1.96 bits per heavy atom. The third-order valence-corrected chi connectivity index (χ3v) is 3.94. The van der Waals surface area contributed by atoms with Crippen LogP contribution in [0.15, 0.2) is 63.7 Å². The highest BCUT2D eigenvalue weighted by Crippen LogP contribution is 2.31. The molecule has 0 fully saturated rings. The summed E-state index contributed by atoms with van der Waals surface area (Å²) in [5.41, 5.74) is 0.0598. The van der Waals surface area contributed by atoms with Crippen molar-refractivity contribution in [1.29, 1.82) is 0 Å². The quantitative estimate of drug-likeness (QED) is 0.578. The van der Waals surface area contributed by atoms with Gasteiger partial charge in [0, 0.05) is 10.0 Å². The number of carbonyl (C=O) groups is 1. The summed E-state index contributed by atoms with van der Waals surface area (Å²) in [6, 6.07) is 10.9. The zero-order chi connectivity index (χ0) is 19.4. The van der Waals surface area contributed by atoms with E-state index in [1.807, 2.05) is 24.3 Å². The maximum absolute atomic E-state index is 12.7. The van der Waals surface area contributed by atoms with Gasteiger partial charge in [0.2, 0.25) is 18.6 Å². The Morgan fingerprint density at radius 3 is 2.67 bits per heavy atom. The fourth-order valence-corrected chi connectivity index (χ4v) is 2.46. The molecule has 1 N–H and O–H groups in total. The number of nitrogens with zero attached hydrogens (tertiary/aromatic N) is 3. The Labute approximate surface area is 160 Å². The zero-order valence-electron chi connectivity index (χ0n) is 13.6. The Balaban J connectivity index is 1.60. The minimum atomic E-state index is -4.50. The molecule has 0 bridgehead atoms. The van der Waals surface area contributed by atoms with Gasteiger partial charge in [-0.15, -0.1) is 0 Å². The molecular formula is C17H12BrF3N4O2. The van der Waals surface area contributed by atoms with Crippen molar-refractivity contribution in [3.63, 3.8) is 0 Å². The van der Waals surface area contributed by atoms with Crippen molar-refractivity contribution in [1.82, 2.24) is 5.27 Å². The Hall–Kier alpha value is -2.88. The largest absolute Gasteiger partial charge is 0.424 e. The van der Waals surface area contributed by atoms with Crippen LogP contribution in [-0.2, 0) is 12.7 Å². The molecule has 10 heteroatoms. The molecule has 27 heavy (non-hydrogen) atoms. The predicted octanol–water partition coefficient (Wildman–Crippen LogP) is 5.03. The molecule has 0 unspecified atom stereocenters. The van der Waals surface area contributed by atoms with Crippen molar-refractivity contribution in [3.8, 4) is 0 Å². The third-order valence-electron chi connectivity index (χ3n) is 3.41. The predicted molar refractivity (Wildman–Crippen MR) is 93.4 cm³/mol. The molecule has 0 spiro atoms. The third kappa shape index (κ3) is 5.30. The van der Waals surface area contributed by atoms with Gasteiger partial charge in [-0.25, -0.2) is 0 Å². The van der Waals surface area contributed by atoms with Crippen LogP contribution in [0.5, 0.6) is 0 Å². The highest BCUT2D eigenvalue weighted by molar-refractivity contribution is 9.10. The minimum Gasteiger partial charge on any atom is -0.424 e. The number of amides is 2. The summed E-state index contributed by atoms with van der Waals surface area (Å²) >= 11 is 3.34. The molecule has 6 nitrogen and oxygen atoms in total. The van der Waals surface area contributed by atoms with E-state index < -0.39 is 17.8 Å². The van der Waals surface area contributed by atoms with Crippen LogP contribution < -0.4 is 10.00 Å². The van der Waals surface area contributed by atoms with Crippen LogP contribution in [0.1, 0.15) is 11.1 Å². The number of aromatic nitrogens is 2. The second-order valence-electron chi connectivity index (χ2n) is 5.48. The number of halogens is 4. The first kappa shape index (κ1) is 18.9. The topological polar surface area (TPSA) is 73.1 Å². The zero-order valence-corrected chi connectivity index (χ0v) is 15.2. The number of hydrogen-bond acceptors (Lipinski definition) is 3. The Morgan fingerprint density at radius 1 is 1.22 bits per heavy atom. The average Bonchev–Trinajstić information content (AvgIpc) is 3.03. The molecule has 3 rings (SSSR count). The van der Waals surface area contributed by atoms with Gasteiger partial charge < -0.3 is 15.2 Å². The summed E-state index contributed by atoms with van der Waals surface area (Å²) in [6.07, 6.45) is -3.09. The molecule has 0 aliphatic carbocycles. The number of urea groups is 1. The van der Waals surface area contributed by atoms with E-state index in [1.165, 1.54) is 23.0 Å². The highest BCUT2D eigenvalue weighted by atomic mass is 79.9. The summed E-state index contributed by atoms with van der Waals surface area (Å²) in [7, 11) is 0. The van der Waals surface area contributed by atoms with Crippen molar-refractivity contribution in [2.75, 3.05) is 5.32 Å². The molecule has 2 amide bonds. The summed E-state index contributed by atoms with van der Waals surface area (Å²) < 4.78 is 45.4. The lowest BCUT2D eigenvalue weighted by Crippen LogP contribution is -2.35. The molecule has 0 radical (unpaired) electrons. The number of alkyl halides is 3. The van der Waals surface area contributed by atoms with Crippen molar-refractivity contribution >= 4 is 33.5 Å². The molecule has 1 heterocycles. The fraction of sp³-hybridized carbons (Fsp3) is 0.118. The van der Waals surface area contributed by atoms with E-state index in [4.69, 9.17) is 4.52 Å². The summed E-state index contributed by atoms with van der Waals surface area (Å²) in [5.74, 6) is -0.0726. The van der Waals surface area contributed by atoms with Gasteiger partial charge in [-0.2, -0.15) is 13.2 Å². The molecule has 2 aromatic carbocycles. The van der Waals surface area contributed by atoms with Crippen LogP contribution >= 0.6 is 15.9 Å². The van der Waals surface area contributed by atoms with E-state index in [0.717, 1.165) is 22.2 Å². The summed E-state index contributed by atoms with van der Waals surface area (Å²) in [4.78, 5) is 11.9. The first-order chi connectivity index (χ1) is 12.8. The van der Waals surface area contributed by atoms with Gasteiger partial charge in [-0.3, -0.25) is 4.79 Å². The minimum absolute atomic E-state index is 0.0270. The molecule has 1 aromatic heterocycles. The van der Waals surface area contributed by atoms with Crippen LogP contribution in [-0.4, -0.2) is 11.3 Å². The second kappa shape index (κ2) is 7.78. The SMILES string of the molecule is O=C([N-]c1c[n+](Cc2ccc(Br)cc2)no1)Nc1cccc(C(F)(F)F)c1. The van der Waals surface area contributed by atoms with E-state index in [9.17, 15) is 18.0 Å². The van der Waals surface area contributed by atoms with E-state index in [1.54, 1.807) is 0 Å². The van der Waals surface area contributed by atoms with Crippen molar-refractivity contribution in [2.24, 2.45) is 0 Å². The van der Waals surface area contributed by atoms with E-state index in [-0.39, 0.29) is 11.6 Å². The number of hydrogen-bond donors (Lipinski definition) is 1. The second-order valence-corrected chi connectivity index (χ2v) is 6.40. The van der Waals surface area contributed by atoms with Crippen molar-refractivity contribution in [2.45, 2.75) is 12.7 Å². The molecule has 0 saturated heterocycles. The van der Waals surface area contributed by atoms with Gasteiger partial charge in [-0.05, 0) is 28.6 Å². The summed E-state index contributed by atoms with van der Waals surface area (Å²) in [6.45, 7) is 0.404. The van der Waals surface area contributed by atoms with E-state index in [2.05, 4.69) is 31.8 Å². The van der Waals surface area contributed by atoms with Crippen LogP contribution in [0.4, 0.5) is 29.5 Å². The van der Waals surface area contributed by atoms with Crippen molar-refractivity contribution < 1.29 is 27.2 Å². The molecule has 0 aliphatic heterocycles. The molecule has 140 valence electrons. The lowest BCUT2D eigenvalue weighted by atomic mass is 10.2. The summed E-state index contributed by atoms with van der Waals surface area (Å²) in [5, 5.41) is 9.64. The van der Waals surface area contributed by atoms with Gasteiger partial charge in [0.05, 0.1) is 5.56 Å². The number of carbonyl (C=O) groups excluding carboxylic acids is 1. The molecule has 0 atom stereocenters. The first-order valence-electron chi connectivity index (χ1n) is 7.60. The number of nitrogens with one attached hydrogen (secondary N) is 1. The smallest absolute Gasteiger partial charge is 0.416 e. The van der Waals surface area contributed by atoms with Crippen LogP contribution in [0.2, 0.25) is 0 Å².